The lowest BCUT2D eigenvalue weighted by Gasteiger charge is -2.32. The summed E-state index contributed by atoms with van der Waals surface area (Å²) in [6, 6.07) is 1.84. The van der Waals surface area contributed by atoms with Crippen molar-refractivity contribution >= 4 is 29.7 Å². The lowest BCUT2D eigenvalue weighted by atomic mass is 9.98. The second-order valence-corrected chi connectivity index (χ2v) is 5.23. The molecule has 2 N–H and O–H groups in total. The van der Waals surface area contributed by atoms with Crippen LogP contribution in [0.2, 0.25) is 0 Å². The van der Waals surface area contributed by atoms with Crippen LogP contribution in [0.4, 0.5) is 0 Å². The van der Waals surface area contributed by atoms with E-state index in [1.807, 2.05) is 16.3 Å². The zero-order chi connectivity index (χ0) is 12.3. The Kier molecular flexibility index (Phi) is 5.91. The Hall–Kier alpha value is -0.780. The Bertz CT molecular complexity index is 397. The molecule has 1 fully saturated rings. The fourth-order valence-corrected chi connectivity index (χ4v) is 3.02. The zero-order valence-corrected chi connectivity index (χ0v) is 12.1. The summed E-state index contributed by atoms with van der Waals surface area (Å²) in [4.78, 5) is 14.9. The molecule has 0 spiro atoms. The third-order valence-electron chi connectivity index (χ3n) is 3.18. The summed E-state index contributed by atoms with van der Waals surface area (Å²) in [6.07, 6.45) is 2.17. The van der Waals surface area contributed by atoms with Gasteiger partial charge in [-0.05, 0) is 36.8 Å². The molecule has 102 valence electrons. The van der Waals surface area contributed by atoms with E-state index in [-0.39, 0.29) is 18.3 Å². The lowest BCUT2D eigenvalue weighted by Crippen LogP contribution is -2.41. The van der Waals surface area contributed by atoms with Gasteiger partial charge >= 0.3 is 0 Å². The monoisotopic (exact) mass is 290 g/mol. The van der Waals surface area contributed by atoms with Crippen LogP contribution in [-0.2, 0) is 0 Å². The van der Waals surface area contributed by atoms with Crippen molar-refractivity contribution in [2.75, 3.05) is 26.7 Å². The molecule has 0 saturated carbocycles. The highest BCUT2D eigenvalue weighted by Crippen LogP contribution is 2.27. The second-order valence-electron chi connectivity index (χ2n) is 4.31. The molecule has 1 unspecified atom stereocenters. The maximum Gasteiger partial charge on any atom is 0.267 e. The van der Waals surface area contributed by atoms with Crippen molar-refractivity contribution in [2.45, 2.75) is 12.8 Å². The molecular weight excluding hydrogens is 272 g/mol. The van der Waals surface area contributed by atoms with Crippen LogP contribution in [0.1, 0.15) is 22.5 Å². The van der Waals surface area contributed by atoms with Gasteiger partial charge < -0.3 is 15.4 Å². The van der Waals surface area contributed by atoms with Crippen LogP contribution in [0.3, 0.4) is 0 Å². The number of hydrogen-bond donors (Lipinski definition) is 1. The summed E-state index contributed by atoms with van der Waals surface area (Å²) in [5, 5.41) is 1.89. The molecule has 2 rings (SSSR count). The van der Waals surface area contributed by atoms with Gasteiger partial charge in [0.05, 0.1) is 7.11 Å². The Morgan fingerprint density at radius 3 is 3.11 bits per heavy atom. The number of nitrogens with two attached hydrogens (primary N) is 1. The molecular formula is C12H19ClN2O2S. The quantitative estimate of drug-likeness (QED) is 0.926. The second kappa shape index (κ2) is 6.97. The SMILES string of the molecule is COc1ccsc1C(=O)N1CCCC(CN)C1.Cl. The highest BCUT2D eigenvalue weighted by atomic mass is 35.5. The third-order valence-corrected chi connectivity index (χ3v) is 4.07. The molecule has 18 heavy (non-hydrogen) atoms. The first-order valence-electron chi connectivity index (χ1n) is 5.87. The van der Waals surface area contributed by atoms with Gasteiger partial charge in [0.25, 0.3) is 5.91 Å². The van der Waals surface area contributed by atoms with Crippen LogP contribution in [0.15, 0.2) is 11.4 Å². The Morgan fingerprint density at radius 1 is 1.67 bits per heavy atom. The van der Waals surface area contributed by atoms with Crippen molar-refractivity contribution in [3.05, 3.63) is 16.3 Å². The summed E-state index contributed by atoms with van der Waals surface area (Å²) in [5.41, 5.74) is 5.68. The van der Waals surface area contributed by atoms with Gasteiger partial charge in [0.15, 0.2) is 0 Å². The average Bonchev–Trinajstić information content (AvgIpc) is 2.86. The van der Waals surface area contributed by atoms with E-state index in [2.05, 4.69) is 0 Å². The summed E-state index contributed by atoms with van der Waals surface area (Å²) in [6.45, 7) is 2.26. The first kappa shape index (κ1) is 15.3. The number of rotatable bonds is 3. The molecule has 4 nitrogen and oxygen atoms in total. The van der Waals surface area contributed by atoms with Crippen molar-refractivity contribution in [1.82, 2.24) is 4.90 Å². The number of amides is 1. The summed E-state index contributed by atoms with van der Waals surface area (Å²) >= 11 is 1.44. The molecule has 1 aromatic heterocycles. The largest absolute Gasteiger partial charge is 0.495 e. The van der Waals surface area contributed by atoms with Gasteiger partial charge in [0.2, 0.25) is 0 Å². The number of carbonyl (C=O) groups is 1. The van der Waals surface area contributed by atoms with Crippen LogP contribution in [0, 0.1) is 5.92 Å². The smallest absolute Gasteiger partial charge is 0.267 e. The molecule has 1 aliphatic heterocycles. The van der Waals surface area contributed by atoms with Crippen LogP contribution in [0.5, 0.6) is 5.75 Å². The van der Waals surface area contributed by atoms with E-state index in [1.165, 1.54) is 11.3 Å². The van der Waals surface area contributed by atoms with E-state index in [1.54, 1.807) is 7.11 Å². The van der Waals surface area contributed by atoms with Gasteiger partial charge in [-0.1, -0.05) is 0 Å². The molecule has 6 heteroatoms. The first-order chi connectivity index (χ1) is 8.26. The van der Waals surface area contributed by atoms with E-state index in [0.717, 1.165) is 25.9 Å². The van der Waals surface area contributed by atoms with Crippen molar-refractivity contribution < 1.29 is 9.53 Å². The van der Waals surface area contributed by atoms with Crippen molar-refractivity contribution in [3.8, 4) is 5.75 Å². The highest BCUT2D eigenvalue weighted by Gasteiger charge is 2.26. The number of carbonyl (C=O) groups excluding carboxylic acids is 1. The first-order valence-corrected chi connectivity index (χ1v) is 6.75. The third kappa shape index (κ3) is 3.16. The minimum absolute atomic E-state index is 0. The number of likely N-dealkylation sites (tertiary alicyclic amines) is 1. The molecule has 2 heterocycles. The van der Waals surface area contributed by atoms with Gasteiger partial charge in [-0.25, -0.2) is 0 Å². The molecule has 1 atom stereocenters. The molecule has 1 aromatic rings. The zero-order valence-electron chi connectivity index (χ0n) is 10.4. The Labute approximate surface area is 118 Å². The van der Waals surface area contributed by atoms with Gasteiger partial charge in [-0.3, -0.25) is 4.79 Å². The molecule has 0 radical (unpaired) electrons. The fraction of sp³-hybridized carbons (Fsp3) is 0.583. The molecule has 1 aliphatic rings. The topological polar surface area (TPSA) is 55.6 Å². The number of hydrogen-bond acceptors (Lipinski definition) is 4. The van der Waals surface area contributed by atoms with Crippen LogP contribution < -0.4 is 10.5 Å². The molecule has 0 aromatic carbocycles. The fourth-order valence-electron chi connectivity index (χ4n) is 2.20. The highest BCUT2D eigenvalue weighted by molar-refractivity contribution is 7.12. The van der Waals surface area contributed by atoms with Crippen molar-refractivity contribution in [2.24, 2.45) is 11.7 Å². The molecule has 1 amide bonds. The minimum atomic E-state index is 0. The predicted molar refractivity (Wildman–Crippen MR) is 75.8 cm³/mol. The number of halogens is 1. The normalized spacial score (nSPS) is 19.2. The number of piperidine rings is 1. The van der Waals surface area contributed by atoms with E-state index in [0.29, 0.717) is 23.1 Å². The standard InChI is InChI=1S/C12H18N2O2S.ClH/c1-16-10-4-6-17-11(10)12(15)14-5-2-3-9(7-13)8-14;/h4,6,9H,2-3,5,7-8,13H2,1H3;1H. The Morgan fingerprint density at radius 2 is 2.44 bits per heavy atom. The Balaban J connectivity index is 0.00000162. The van der Waals surface area contributed by atoms with Crippen LogP contribution in [-0.4, -0.2) is 37.6 Å². The van der Waals surface area contributed by atoms with Crippen molar-refractivity contribution in [3.63, 3.8) is 0 Å². The average molecular weight is 291 g/mol. The van der Waals surface area contributed by atoms with Crippen LogP contribution in [0.25, 0.3) is 0 Å². The maximum absolute atomic E-state index is 12.3. The van der Waals surface area contributed by atoms with Gasteiger partial charge in [-0.2, -0.15) is 0 Å². The van der Waals surface area contributed by atoms with Crippen molar-refractivity contribution in [1.29, 1.82) is 0 Å². The lowest BCUT2D eigenvalue weighted by molar-refractivity contribution is 0.0680. The number of thiophene rings is 1. The number of ether oxygens (including phenoxy) is 1. The van der Waals surface area contributed by atoms with Gasteiger partial charge in [-0.15, -0.1) is 23.7 Å². The van der Waals surface area contributed by atoms with Crippen LogP contribution >= 0.6 is 23.7 Å². The molecule has 1 saturated heterocycles. The number of methoxy groups -OCH3 is 1. The summed E-state index contributed by atoms with van der Waals surface area (Å²) in [7, 11) is 1.59. The van der Waals surface area contributed by atoms with E-state index < -0.39 is 0 Å². The summed E-state index contributed by atoms with van der Waals surface area (Å²) in [5.74, 6) is 1.20. The summed E-state index contributed by atoms with van der Waals surface area (Å²) < 4.78 is 5.19. The van der Waals surface area contributed by atoms with E-state index in [9.17, 15) is 4.79 Å². The molecule has 0 aliphatic carbocycles. The molecule has 0 bridgehead atoms. The van der Waals surface area contributed by atoms with E-state index in [4.69, 9.17) is 10.5 Å². The minimum Gasteiger partial charge on any atom is -0.495 e. The maximum atomic E-state index is 12.3. The van der Waals surface area contributed by atoms with Gasteiger partial charge in [0.1, 0.15) is 10.6 Å². The van der Waals surface area contributed by atoms with Gasteiger partial charge in [0, 0.05) is 13.1 Å². The number of nitrogens with zero attached hydrogens (tertiary/aromatic N) is 1. The van der Waals surface area contributed by atoms with E-state index >= 15 is 0 Å². The predicted octanol–water partition coefficient (Wildman–Crippen LogP) is 1.99.